The number of likely N-dealkylation sites (tertiary alicyclic amines) is 1. The van der Waals surface area contributed by atoms with Crippen LogP contribution < -0.4 is 5.32 Å². The number of hydrogen-bond donors (Lipinski definition) is 1. The van der Waals surface area contributed by atoms with Crippen molar-refractivity contribution in [3.05, 3.63) is 10.5 Å². The molecule has 86 valence electrons. The molecule has 0 spiro atoms. The van der Waals surface area contributed by atoms with Crippen LogP contribution in [0.5, 0.6) is 0 Å². The molecule has 0 aromatic carbocycles. The minimum atomic E-state index is -0.384. The highest BCUT2D eigenvalue weighted by atomic mass is 35.5. The maximum absolute atomic E-state index is 11.7. The molecule has 1 fully saturated rings. The van der Waals surface area contributed by atoms with Crippen LogP contribution >= 0.6 is 22.9 Å². The van der Waals surface area contributed by atoms with E-state index in [4.69, 9.17) is 11.6 Å². The Morgan fingerprint density at radius 3 is 3.00 bits per heavy atom. The summed E-state index contributed by atoms with van der Waals surface area (Å²) in [5.74, 6) is -0.359. The third kappa shape index (κ3) is 2.17. The maximum Gasteiger partial charge on any atom is 0.251 e. The molecule has 0 aliphatic carbocycles. The largest absolute Gasteiger partial charge is 0.350 e. The van der Waals surface area contributed by atoms with Crippen LogP contribution in [-0.2, 0) is 9.59 Å². The fraction of sp³-hybridized carbons (Fsp3) is 0.444. The molecule has 5 nitrogen and oxygen atoms in total. The van der Waals surface area contributed by atoms with E-state index in [1.165, 1.54) is 18.4 Å². The van der Waals surface area contributed by atoms with E-state index in [1.807, 2.05) is 0 Å². The molecule has 1 N–H and O–H groups in total. The Balaban J connectivity index is 2.06. The molecule has 2 amide bonds. The summed E-state index contributed by atoms with van der Waals surface area (Å²) in [6, 6.07) is -0.384. The van der Waals surface area contributed by atoms with Crippen molar-refractivity contribution in [3.63, 3.8) is 0 Å². The lowest BCUT2D eigenvalue weighted by molar-refractivity contribution is -0.146. The zero-order valence-electron chi connectivity index (χ0n) is 8.57. The van der Waals surface area contributed by atoms with Gasteiger partial charge in [-0.05, 0) is 6.42 Å². The predicted octanol–water partition coefficient (Wildman–Crippen LogP) is 1.36. The number of carbonyl (C=O) groups excluding carboxylic acids is 2. The van der Waals surface area contributed by atoms with Gasteiger partial charge in [-0.15, -0.1) is 11.3 Å². The summed E-state index contributed by atoms with van der Waals surface area (Å²) in [4.78, 5) is 28.1. The first kappa shape index (κ1) is 11.3. The summed E-state index contributed by atoms with van der Waals surface area (Å²) >= 11 is 7.01. The fourth-order valence-corrected chi connectivity index (χ4v) is 2.41. The van der Waals surface area contributed by atoms with Crippen molar-refractivity contribution in [1.29, 1.82) is 0 Å². The number of halogens is 1. The lowest BCUT2D eigenvalue weighted by Crippen LogP contribution is -2.48. The number of aromatic nitrogens is 1. The summed E-state index contributed by atoms with van der Waals surface area (Å²) < 4.78 is 0. The second-order valence-corrected chi connectivity index (χ2v) is 4.75. The highest BCUT2D eigenvalue weighted by molar-refractivity contribution is 7.14. The average molecular weight is 260 g/mol. The molecule has 7 heteroatoms. The van der Waals surface area contributed by atoms with E-state index in [0.717, 1.165) is 4.90 Å². The lowest BCUT2D eigenvalue weighted by atomic mass is 10.1. The molecule has 1 aliphatic heterocycles. The van der Waals surface area contributed by atoms with E-state index in [9.17, 15) is 9.59 Å². The molecule has 1 aromatic heterocycles. The number of carbonyl (C=O) groups is 2. The van der Waals surface area contributed by atoms with E-state index in [0.29, 0.717) is 23.1 Å². The second kappa shape index (κ2) is 4.39. The third-order valence-corrected chi connectivity index (χ3v) is 3.52. The Morgan fingerprint density at radius 2 is 2.38 bits per heavy atom. The molecule has 1 saturated heterocycles. The van der Waals surface area contributed by atoms with Crippen molar-refractivity contribution < 1.29 is 9.59 Å². The average Bonchev–Trinajstić information content (AvgIpc) is 2.65. The Labute approximate surface area is 101 Å². The Bertz CT molecular complexity index is 434. The van der Waals surface area contributed by atoms with Crippen molar-refractivity contribution >= 4 is 39.9 Å². The van der Waals surface area contributed by atoms with Crippen molar-refractivity contribution in [1.82, 2.24) is 9.88 Å². The van der Waals surface area contributed by atoms with Gasteiger partial charge in [0.05, 0.1) is 0 Å². The quantitative estimate of drug-likeness (QED) is 0.815. The first-order chi connectivity index (χ1) is 7.58. The molecule has 0 saturated carbocycles. The minimum Gasteiger partial charge on any atom is -0.350 e. The summed E-state index contributed by atoms with van der Waals surface area (Å²) in [5, 5.41) is 5.67. The fourth-order valence-electron chi connectivity index (χ4n) is 1.52. The van der Waals surface area contributed by atoms with Crippen LogP contribution in [0.2, 0.25) is 5.15 Å². The van der Waals surface area contributed by atoms with Crippen LogP contribution in [0.15, 0.2) is 5.38 Å². The number of amides is 2. The zero-order chi connectivity index (χ0) is 11.7. The molecule has 0 bridgehead atoms. The van der Waals surface area contributed by atoms with Crippen LogP contribution in [0.4, 0.5) is 5.13 Å². The van der Waals surface area contributed by atoms with Crippen LogP contribution in [0.3, 0.4) is 0 Å². The van der Waals surface area contributed by atoms with E-state index in [1.54, 1.807) is 5.38 Å². The number of anilines is 1. The minimum absolute atomic E-state index is 0.139. The summed E-state index contributed by atoms with van der Waals surface area (Å²) in [7, 11) is 1.49. The molecule has 1 aliphatic rings. The van der Waals surface area contributed by atoms with Crippen molar-refractivity contribution in [2.24, 2.45) is 0 Å². The summed E-state index contributed by atoms with van der Waals surface area (Å²) in [6.07, 6.45) is 0.873. The van der Waals surface area contributed by atoms with Crippen molar-refractivity contribution in [3.8, 4) is 0 Å². The van der Waals surface area contributed by atoms with E-state index >= 15 is 0 Å². The number of piperidine rings is 1. The van der Waals surface area contributed by atoms with Crippen molar-refractivity contribution in [2.75, 3.05) is 12.4 Å². The highest BCUT2D eigenvalue weighted by Crippen LogP contribution is 2.22. The number of nitrogens with zero attached hydrogens (tertiary/aromatic N) is 2. The number of thiazole rings is 1. The molecular formula is C9H10ClN3O2S. The van der Waals surface area contributed by atoms with Gasteiger partial charge in [0.1, 0.15) is 11.2 Å². The van der Waals surface area contributed by atoms with Gasteiger partial charge in [-0.25, -0.2) is 4.98 Å². The first-order valence-electron chi connectivity index (χ1n) is 4.76. The standard InChI is InChI=1S/C9H10ClN3O2S/c1-13-7(14)3-2-5(8(13)15)11-9-12-6(10)4-16-9/h4-5H,2-3H2,1H3,(H,11,12). The number of nitrogens with one attached hydrogen (secondary N) is 1. The number of imide groups is 1. The van der Waals surface area contributed by atoms with Crippen LogP contribution in [0.25, 0.3) is 0 Å². The maximum atomic E-state index is 11.7. The monoisotopic (exact) mass is 259 g/mol. The van der Waals surface area contributed by atoms with Gasteiger partial charge in [0, 0.05) is 18.8 Å². The van der Waals surface area contributed by atoms with Gasteiger partial charge in [0.2, 0.25) is 5.91 Å². The van der Waals surface area contributed by atoms with Gasteiger partial charge in [-0.2, -0.15) is 0 Å². The topological polar surface area (TPSA) is 62.3 Å². The van der Waals surface area contributed by atoms with E-state index < -0.39 is 0 Å². The third-order valence-electron chi connectivity index (χ3n) is 2.42. The molecule has 2 rings (SSSR count). The molecular weight excluding hydrogens is 250 g/mol. The van der Waals surface area contributed by atoms with Crippen molar-refractivity contribution in [2.45, 2.75) is 18.9 Å². The van der Waals surface area contributed by atoms with Gasteiger partial charge in [-0.3, -0.25) is 14.5 Å². The van der Waals surface area contributed by atoms with Crippen LogP contribution in [-0.4, -0.2) is 34.8 Å². The Hall–Kier alpha value is -1.14. The van der Waals surface area contributed by atoms with Crippen LogP contribution in [0, 0.1) is 0 Å². The van der Waals surface area contributed by atoms with Gasteiger partial charge >= 0.3 is 0 Å². The van der Waals surface area contributed by atoms with Gasteiger partial charge in [-0.1, -0.05) is 11.6 Å². The lowest BCUT2D eigenvalue weighted by Gasteiger charge is -2.27. The van der Waals surface area contributed by atoms with Gasteiger partial charge in [0.15, 0.2) is 5.13 Å². The predicted molar refractivity (Wildman–Crippen MR) is 61.5 cm³/mol. The second-order valence-electron chi connectivity index (χ2n) is 3.50. The highest BCUT2D eigenvalue weighted by Gasteiger charge is 2.31. The number of hydrogen-bond acceptors (Lipinski definition) is 5. The Morgan fingerprint density at radius 1 is 1.62 bits per heavy atom. The molecule has 0 radical (unpaired) electrons. The summed E-state index contributed by atoms with van der Waals surface area (Å²) in [5.41, 5.74) is 0. The first-order valence-corrected chi connectivity index (χ1v) is 6.01. The van der Waals surface area contributed by atoms with E-state index in [-0.39, 0.29) is 17.9 Å². The zero-order valence-corrected chi connectivity index (χ0v) is 10.1. The molecule has 16 heavy (non-hydrogen) atoms. The molecule has 1 aromatic rings. The number of rotatable bonds is 2. The van der Waals surface area contributed by atoms with Crippen LogP contribution in [0.1, 0.15) is 12.8 Å². The SMILES string of the molecule is CN1C(=O)CCC(Nc2nc(Cl)cs2)C1=O. The number of likely N-dealkylation sites (N-methyl/N-ethyl adjacent to an activating group) is 1. The van der Waals surface area contributed by atoms with E-state index in [2.05, 4.69) is 10.3 Å². The summed E-state index contributed by atoms with van der Waals surface area (Å²) in [6.45, 7) is 0. The molecule has 1 atom stereocenters. The smallest absolute Gasteiger partial charge is 0.251 e. The Kier molecular flexibility index (Phi) is 3.11. The normalized spacial score (nSPS) is 21.4. The van der Waals surface area contributed by atoms with Gasteiger partial charge in [0.25, 0.3) is 5.91 Å². The molecule has 2 heterocycles. The van der Waals surface area contributed by atoms with Gasteiger partial charge < -0.3 is 5.32 Å². The molecule has 1 unspecified atom stereocenters.